The molecule has 2 aromatic carbocycles. The lowest BCUT2D eigenvalue weighted by Crippen LogP contribution is -2.38. The van der Waals surface area contributed by atoms with E-state index < -0.39 is 10.0 Å². The molecule has 172 valence electrons. The van der Waals surface area contributed by atoms with E-state index in [1.807, 2.05) is 25.1 Å². The van der Waals surface area contributed by atoms with E-state index in [0.29, 0.717) is 30.5 Å². The minimum Gasteiger partial charge on any atom is -0.493 e. The number of halogens is 1. The number of benzene rings is 2. The molecule has 10 heteroatoms. The smallest absolute Gasteiger partial charge is 0.240 e. The number of methoxy groups -OCH3 is 2. The van der Waals surface area contributed by atoms with Crippen LogP contribution in [0.25, 0.3) is 0 Å². The van der Waals surface area contributed by atoms with Gasteiger partial charge in [-0.3, -0.25) is 0 Å². The molecule has 0 heterocycles. The summed E-state index contributed by atoms with van der Waals surface area (Å²) in [6, 6.07) is 12.6. The summed E-state index contributed by atoms with van der Waals surface area (Å²) in [4.78, 5) is 4.81. The third-order valence-electron chi connectivity index (χ3n) is 4.42. The number of aliphatic imine (C=N–C) groups is 1. The van der Waals surface area contributed by atoms with Crippen LogP contribution in [-0.4, -0.2) is 48.7 Å². The maximum atomic E-state index is 11.8. The van der Waals surface area contributed by atoms with Crippen LogP contribution >= 0.6 is 24.0 Å². The number of sulfonamides is 1. The fourth-order valence-corrected chi connectivity index (χ4v) is 3.50. The van der Waals surface area contributed by atoms with E-state index in [9.17, 15) is 8.42 Å². The van der Waals surface area contributed by atoms with Crippen molar-refractivity contribution in [2.75, 3.05) is 34.4 Å². The van der Waals surface area contributed by atoms with Crippen LogP contribution in [0.15, 0.2) is 52.4 Å². The van der Waals surface area contributed by atoms with Gasteiger partial charge in [0.25, 0.3) is 0 Å². The van der Waals surface area contributed by atoms with Gasteiger partial charge in [0, 0.05) is 13.1 Å². The SMILES string of the molecule is CCNC(=NCc1ccc(S(=O)(=O)NC)cc1)NCCc1ccc(OC)c(OC)c1.I. The molecule has 31 heavy (non-hydrogen) atoms. The number of guanidine groups is 1. The van der Waals surface area contributed by atoms with E-state index in [1.165, 1.54) is 7.05 Å². The second-order valence-electron chi connectivity index (χ2n) is 6.41. The fraction of sp³-hybridized carbons (Fsp3) is 0.381. The van der Waals surface area contributed by atoms with Crippen molar-refractivity contribution < 1.29 is 17.9 Å². The van der Waals surface area contributed by atoms with Gasteiger partial charge in [-0.1, -0.05) is 18.2 Å². The van der Waals surface area contributed by atoms with Crippen LogP contribution in [0.2, 0.25) is 0 Å². The zero-order valence-electron chi connectivity index (χ0n) is 18.3. The first kappa shape index (κ1) is 27.0. The third kappa shape index (κ3) is 8.19. The molecular formula is C21H31IN4O4S. The van der Waals surface area contributed by atoms with Gasteiger partial charge in [0.1, 0.15) is 0 Å². The molecule has 0 unspecified atom stereocenters. The van der Waals surface area contributed by atoms with Crippen molar-refractivity contribution in [3.8, 4) is 11.5 Å². The normalized spacial score (nSPS) is 11.4. The van der Waals surface area contributed by atoms with Crippen molar-refractivity contribution in [2.45, 2.75) is 24.8 Å². The highest BCUT2D eigenvalue weighted by atomic mass is 127. The van der Waals surface area contributed by atoms with E-state index in [-0.39, 0.29) is 28.9 Å². The van der Waals surface area contributed by atoms with Gasteiger partial charge < -0.3 is 20.1 Å². The highest BCUT2D eigenvalue weighted by Crippen LogP contribution is 2.27. The Bertz CT molecular complexity index is 950. The molecule has 0 saturated heterocycles. The first-order chi connectivity index (χ1) is 14.4. The zero-order chi connectivity index (χ0) is 22.0. The van der Waals surface area contributed by atoms with Crippen molar-refractivity contribution in [2.24, 2.45) is 4.99 Å². The van der Waals surface area contributed by atoms with Gasteiger partial charge >= 0.3 is 0 Å². The Morgan fingerprint density at radius 3 is 2.19 bits per heavy atom. The second-order valence-corrected chi connectivity index (χ2v) is 8.30. The van der Waals surface area contributed by atoms with Crippen molar-refractivity contribution in [3.63, 3.8) is 0 Å². The van der Waals surface area contributed by atoms with E-state index in [2.05, 4.69) is 20.3 Å². The molecule has 0 fully saturated rings. The lowest BCUT2D eigenvalue weighted by atomic mass is 10.1. The van der Waals surface area contributed by atoms with Gasteiger partial charge in [-0.05, 0) is 55.8 Å². The number of ether oxygens (including phenoxy) is 2. The summed E-state index contributed by atoms with van der Waals surface area (Å²) in [5.74, 6) is 2.11. The zero-order valence-corrected chi connectivity index (χ0v) is 21.4. The Hall–Kier alpha value is -2.05. The van der Waals surface area contributed by atoms with Gasteiger partial charge in [0.15, 0.2) is 17.5 Å². The molecular weight excluding hydrogens is 531 g/mol. The Labute approximate surface area is 201 Å². The summed E-state index contributed by atoms with van der Waals surface area (Å²) in [6.07, 6.45) is 0.793. The maximum absolute atomic E-state index is 11.8. The Kier molecular flexibility index (Phi) is 11.6. The molecule has 0 aliphatic heterocycles. The number of hydrogen-bond donors (Lipinski definition) is 3. The lowest BCUT2D eigenvalue weighted by Gasteiger charge is -2.13. The quantitative estimate of drug-likeness (QED) is 0.234. The molecule has 2 rings (SSSR count). The lowest BCUT2D eigenvalue weighted by molar-refractivity contribution is 0.354. The van der Waals surface area contributed by atoms with Crippen molar-refractivity contribution in [1.82, 2.24) is 15.4 Å². The summed E-state index contributed by atoms with van der Waals surface area (Å²) in [5, 5.41) is 6.52. The second kappa shape index (κ2) is 13.4. The molecule has 2 aromatic rings. The first-order valence-electron chi connectivity index (χ1n) is 9.69. The highest BCUT2D eigenvalue weighted by molar-refractivity contribution is 14.0. The highest BCUT2D eigenvalue weighted by Gasteiger charge is 2.10. The Morgan fingerprint density at radius 1 is 0.968 bits per heavy atom. The molecule has 0 amide bonds. The summed E-state index contributed by atoms with van der Waals surface area (Å²) in [6.45, 7) is 3.87. The van der Waals surface area contributed by atoms with Gasteiger partial charge in [-0.2, -0.15) is 0 Å². The molecule has 0 saturated carbocycles. The monoisotopic (exact) mass is 562 g/mol. The van der Waals surface area contributed by atoms with E-state index in [4.69, 9.17) is 9.47 Å². The molecule has 0 spiro atoms. The molecule has 0 radical (unpaired) electrons. The molecule has 0 atom stereocenters. The standard InChI is InChI=1S/C21H30N4O4S.HI/c1-5-23-21(24-13-12-16-8-11-19(28-3)20(14-16)29-4)25-15-17-6-9-18(10-7-17)30(26,27)22-2;/h6-11,14,22H,5,12-13,15H2,1-4H3,(H2,23,24,25);1H. The van der Waals surface area contributed by atoms with E-state index >= 15 is 0 Å². The molecule has 0 aromatic heterocycles. The van der Waals surface area contributed by atoms with Crippen LogP contribution in [0.4, 0.5) is 0 Å². The van der Waals surface area contributed by atoms with Crippen molar-refractivity contribution in [3.05, 3.63) is 53.6 Å². The van der Waals surface area contributed by atoms with Crippen LogP contribution in [0.5, 0.6) is 11.5 Å². The molecule has 8 nitrogen and oxygen atoms in total. The molecule has 0 bridgehead atoms. The average Bonchev–Trinajstić information content (AvgIpc) is 2.77. The Balaban J connectivity index is 0.00000480. The van der Waals surface area contributed by atoms with Crippen LogP contribution < -0.4 is 24.8 Å². The average molecular weight is 562 g/mol. The van der Waals surface area contributed by atoms with Gasteiger partial charge in [-0.15, -0.1) is 24.0 Å². The molecule has 3 N–H and O–H groups in total. The maximum Gasteiger partial charge on any atom is 0.240 e. The number of nitrogens with one attached hydrogen (secondary N) is 3. The minimum absolute atomic E-state index is 0. The van der Waals surface area contributed by atoms with Gasteiger partial charge in [-0.25, -0.2) is 18.1 Å². The van der Waals surface area contributed by atoms with Crippen LogP contribution in [0.3, 0.4) is 0 Å². The molecule has 0 aliphatic carbocycles. The van der Waals surface area contributed by atoms with Crippen LogP contribution in [0.1, 0.15) is 18.1 Å². The summed E-state index contributed by atoms with van der Waals surface area (Å²) in [7, 11) is 1.20. The number of hydrogen-bond acceptors (Lipinski definition) is 5. The number of rotatable bonds is 10. The third-order valence-corrected chi connectivity index (χ3v) is 5.85. The first-order valence-corrected chi connectivity index (χ1v) is 11.2. The van der Waals surface area contributed by atoms with Gasteiger partial charge in [0.05, 0.1) is 25.7 Å². The van der Waals surface area contributed by atoms with Gasteiger partial charge in [0.2, 0.25) is 10.0 Å². The largest absolute Gasteiger partial charge is 0.493 e. The topological polar surface area (TPSA) is 101 Å². The summed E-state index contributed by atoms with van der Waals surface area (Å²) < 4.78 is 36.5. The predicted octanol–water partition coefficient (Wildman–Crippen LogP) is 2.53. The van der Waals surface area contributed by atoms with E-state index in [1.54, 1.807) is 38.5 Å². The van der Waals surface area contributed by atoms with Crippen molar-refractivity contribution in [1.29, 1.82) is 0 Å². The Morgan fingerprint density at radius 2 is 1.61 bits per heavy atom. The summed E-state index contributed by atoms with van der Waals surface area (Å²) >= 11 is 0. The van der Waals surface area contributed by atoms with Crippen LogP contribution in [0, 0.1) is 0 Å². The van der Waals surface area contributed by atoms with E-state index in [0.717, 1.165) is 24.1 Å². The molecule has 0 aliphatic rings. The fourth-order valence-electron chi connectivity index (χ4n) is 2.77. The number of nitrogens with zero attached hydrogens (tertiary/aromatic N) is 1. The van der Waals surface area contributed by atoms with Crippen molar-refractivity contribution >= 4 is 40.0 Å². The summed E-state index contributed by atoms with van der Waals surface area (Å²) in [5.41, 5.74) is 2.04. The minimum atomic E-state index is -3.43. The predicted molar refractivity (Wildman–Crippen MR) is 134 cm³/mol. The van der Waals surface area contributed by atoms with Crippen LogP contribution in [-0.2, 0) is 23.0 Å².